The first-order chi connectivity index (χ1) is 20.2. The van der Waals surface area contributed by atoms with Gasteiger partial charge in [0.2, 0.25) is 0 Å². The normalized spacial score (nSPS) is 14.8. The van der Waals surface area contributed by atoms with Crippen LogP contribution in [0.25, 0.3) is 17.4 Å². The highest BCUT2D eigenvalue weighted by Gasteiger charge is 2.34. The van der Waals surface area contributed by atoms with Crippen molar-refractivity contribution in [2.24, 2.45) is 4.99 Å². The second-order valence-corrected chi connectivity index (χ2v) is 10.5. The van der Waals surface area contributed by atoms with Gasteiger partial charge in [-0.05, 0) is 55.8 Å². The molecule has 0 saturated heterocycles. The van der Waals surface area contributed by atoms with Crippen LogP contribution in [-0.2, 0) is 9.53 Å². The minimum Gasteiger partial charge on any atom is -0.493 e. The predicted octanol–water partition coefficient (Wildman–Crippen LogP) is 4.64. The van der Waals surface area contributed by atoms with Crippen molar-refractivity contribution in [3.8, 4) is 22.8 Å². The Hall–Kier alpha value is -4.68. The number of fused-ring (bicyclic) bond motifs is 1. The van der Waals surface area contributed by atoms with E-state index in [9.17, 15) is 19.7 Å². The summed E-state index contributed by atoms with van der Waals surface area (Å²) in [5.41, 5.74) is 1.06. The van der Waals surface area contributed by atoms with Crippen molar-refractivity contribution in [3.63, 3.8) is 0 Å². The Kier molecular flexibility index (Phi) is 8.01. The zero-order valence-corrected chi connectivity index (χ0v) is 24.4. The molecular formula is C29H24ClN3O8S. The molecule has 1 aliphatic heterocycles. The maximum atomic E-state index is 13.9. The average Bonchev–Trinajstić information content (AvgIpc) is 3.56. The molecule has 4 aromatic rings. The molecule has 3 heterocycles. The SMILES string of the molecule is CCOC(=O)C1=C(C)N=c2s/c(=C\c3ccc(-c4ccc(Cl)c([N+](=O)[O-])c4)o3)c(=O)n2C1c1ccc(OC)c(OC)c1. The number of nitro benzene ring substituents is 1. The third kappa shape index (κ3) is 5.21. The summed E-state index contributed by atoms with van der Waals surface area (Å²) in [7, 11) is 3.02. The lowest BCUT2D eigenvalue weighted by Gasteiger charge is -2.25. The van der Waals surface area contributed by atoms with Gasteiger partial charge in [0.15, 0.2) is 16.3 Å². The Labute approximate surface area is 247 Å². The maximum Gasteiger partial charge on any atom is 0.338 e. The summed E-state index contributed by atoms with van der Waals surface area (Å²) in [4.78, 5) is 42.7. The van der Waals surface area contributed by atoms with Crippen molar-refractivity contribution in [2.75, 3.05) is 20.8 Å². The summed E-state index contributed by atoms with van der Waals surface area (Å²) >= 11 is 7.07. The number of rotatable bonds is 8. The fourth-order valence-electron chi connectivity index (χ4n) is 4.65. The smallest absolute Gasteiger partial charge is 0.338 e. The zero-order chi connectivity index (χ0) is 30.1. The molecule has 2 aromatic carbocycles. The van der Waals surface area contributed by atoms with Crippen LogP contribution in [0.4, 0.5) is 5.69 Å². The van der Waals surface area contributed by atoms with Gasteiger partial charge in [-0.15, -0.1) is 0 Å². The fraction of sp³-hybridized carbons (Fsp3) is 0.207. The molecule has 5 rings (SSSR count). The van der Waals surface area contributed by atoms with Crippen LogP contribution in [0.5, 0.6) is 11.5 Å². The van der Waals surface area contributed by atoms with Gasteiger partial charge in [-0.2, -0.15) is 0 Å². The highest BCUT2D eigenvalue weighted by molar-refractivity contribution is 7.07. The third-order valence-corrected chi connectivity index (χ3v) is 7.87. The first-order valence-electron chi connectivity index (χ1n) is 12.6. The monoisotopic (exact) mass is 609 g/mol. The molecule has 0 bridgehead atoms. The lowest BCUT2D eigenvalue weighted by atomic mass is 9.95. The van der Waals surface area contributed by atoms with E-state index in [2.05, 4.69) is 4.99 Å². The lowest BCUT2D eigenvalue weighted by Crippen LogP contribution is -2.39. The van der Waals surface area contributed by atoms with Gasteiger partial charge in [0.05, 0.1) is 47.6 Å². The van der Waals surface area contributed by atoms with E-state index >= 15 is 0 Å². The number of carbonyl (C=O) groups excluding carboxylic acids is 1. The number of esters is 1. The standard InChI is InChI=1S/C29H24ClN3O8S/c1-5-40-28(35)25-15(2)31-29-32(26(25)17-7-10-22(38-3)23(13-17)39-4)27(34)24(42-29)14-18-8-11-21(41-18)16-6-9-19(30)20(12-16)33(36)37/h6-14,26H,5H2,1-4H3/b24-14-. The summed E-state index contributed by atoms with van der Waals surface area (Å²) in [5, 5.41) is 11.3. The van der Waals surface area contributed by atoms with Crippen LogP contribution in [0.3, 0.4) is 0 Å². The van der Waals surface area contributed by atoms with Gasteiger partial charge in [-0.3, -0.25) is 19.5 Å². The number of benzene rings is 2. The molecule has 0 fully saturated rings. The number of ether oxygens (including phenoxy) is 3. The number of methoxy groups -OCH3 is 2. The minimum absolute atomic E-state index is 0.0122. The molecule has 1 atom stereocenters. The fourth-order valence-corrected chi connectivity index (χ4v) is 5.86. The Bertz CT molecular complexity index is 1940. The van der Waals surface area contributed by atoms with Gasteiger partial charge < -0.3 is 18.6 Å². The van der Waals surface area contributed by atoms with E-state index in [-0.39, 0.29) is 22.9 Å². The van der Waals surface area contributed by atoms with E-state index < -0.39 is 22.5 Å². The zero-order valence-electron chi connectivity index (χ0n) is 22.9. The molecule has 13 heteroatoms. The van der Waals surface area contributed by atoms with Crippen molar-refractivity contribution < 1.29 is 28.3 Å². The van der Waals surface area contributed by atoms with Gasteiger partial charge in [0.1, 0.15) is 16.5 Å². The highest BCUT2D eigenvalue weighted by atomic mass is 35.5. The number of thiazole rings is 1. The number of nitrogens with zero attached hydrogens (tertiary/aromatic N) is 3. The molecule has 2 aromatic heterocycles. The van der Waals surface area contributed by atoms with E-state index in [1.165, 1.54) is 30.9 Å². The van der Waals surface area contributed by atoms with E-state index in [4.69, 9.17) is 30.2 Å². The quantitative estimate of drug-likeness (QED) is 0.160. The molecular weight excluding hydrogens is 586 g/mol. The molecule has 0 N–H and O–H groups in total. The van der Waals surface area contributed by atoms with Crippen molar-refractivity contribution in [1.82, 2.24) is 4.57 Å². The van der Waals surface area contributed by atoms with Gasteiger partial charge in [-0.25, -0.2) is 9.79 Å². The minimum atomic E-state index is -0.843. The largest absolute Gasteiger partial charge is 0.493 e. The van der Waals surface area contributed by atoms with E-state index in [1.807, 2.05) is 0 Å². The third-order valence-electron chi connectivity index (χ3n) is 6.57. The Morgan fingerprint density at radius 3 is 2.62 bits per heavy atom. The molecule has 42 heavy (non-hydrogen) atoms. The topological polar surface area (TPSA) is 135 Å². The molecule has 0 aliphatic carbocycles. The predicted molar refractivity (Wildman–Crippen MR) is 156 cm³/mol. The Balaban J connectivity index is 1.63. The summed E-state index contributed by atoms with van der Waals surface area (Å²) in [6.07, 6.45) is 1.56. The van der Waals surface area contributed by atoms with Crippen LogP contribution in [0.2, 0.25) is 5.02 Å². The highest BCUT2D eigenvalue weighted by Crippen LogP contribution is 2.36. The van der Waals surface area contributed by atoms with E-state index in [1.54, 1.807) is 56.3 Å². The van der Waals surface area contributed by atoms with Crippen LogP contribution in [0.15, 0.2) is 74.0 Å². The number of hydrogen-bond acceptors (Lipinski definition) is 10. The first kappa shape index (κ1) is 28.8. The van der Waals surface area contributed by atoms with E-state index in [0.29, 0.717) is 49.2 Å². The summed E-state index contributed by atoms with van der Waals surface area (Å²) in [6, 6.07) is 12.0. The number of furan rings is 1. The van der Waals surface area contributed by atoms with Gasteiger partial charge in [0, 0.05) is 17.7 Å². The second kappa shape index (κ2) is 11.7. The molecule has 0 spiro atoms. The van der Waals surface area contributed by atoms with Crippen molar-refractivity contribution >= 4 is 40.7 Å². The average molecular weight is 610 g/mol. The molecule has 0 radical (unpaired) electrons. The van der Waals surface area contributed by atoms with Gasteiger partial charge >= 0.3 is 5.97 Å². The van der Waals surface area contributed by atoms with E-state index in [0.717, 1.165) is 11.3 Å². The van der Waals surface area contributed by atoms with Crippen LogP contribution >= 0.6 is 22.9 Å². The summed E-state index contributed by atoms with van der Waals surface area (Å²) < 4.78 is 23.8. The maximum absolute atomic E-state index is 13.9. The Morgan fingerprint density at radius 2 is 1.93 bits per heavy atom. The number of carbonyl (C=O) groups is 1. The molecule has 0 saturated carbocycles. The van der Waals surface area contributed by atoms with Crippen molar-refractivity contribution in [2.45, 2.75) is 19.9 Å². The van der Waals surface area contributed by atoms with Crippen LogP contribution in [0.1, 0.15) is 31.2 Å². The molecule has 11 nitrogen and oxygen atoms in total. The van der Waals surface area contributed by atoms with Crippen LogP contribution in [0, 0.1) is 10.1 Å². The number of nitro groups is 1. The van der Waals surface area contributed by atoms with Crippen LogP contribution in [-0.4, -0.2) is 36.3 Å². The second-order valence-electron chi connectivity index (χ2n) is 9.04. The summed E-state index contributed by atoms with van der Waals surface area (Å²) in [5.74, 6) is 1.04. The van der Waals surface area contributed by atoms with Gasteiger partial charge in [-0.1, -0.05) is 29.0 Å². The molecule has 1 aliphatic rings. The number of hydrogen-bond donors (Lipinski definition) is 0. The number of allylic oxidation sites excluding steroid dienone is 1. The first-order valence-corrected chi connectivity index (χ1v) is 13.8. The van der Waals surface area contributed by atoms with Crippen LogP contribution < -0.4 is 24.4 Å². The Morgan fingerprint density at radius 1 is 1.17 bits per heavy atom. The summed E-state index contributed by atoms with van der Waals surface area (Å²) in [6.45, 7) is 3.55. The molecule has 1 unspecified atom stereocenters. The lowest BCUT2D eigenvalue weighted by molar-refractivity contribution is -0.384. The number of aromatic nitrogens is 1. The van der Waals surface area contributed by atoms with Crippen molar-refractivity contribution in [1.29, 1.82) is 0 Å². The van der Waals surface area contributed by atoms with Crippen molar-refractivity contribution in [3.05, 3.63) is 106 Å². The van der Waals surface area contributed by atoms with Gasteiger partial charge in [0.25, 0.3) is 11.2 Å². The number of halogens is 1. The molecule has 216 valence electrons. The molecule has 0 amide bonds.